The maximum atomic E-state index is 11.9. The van der Waals surface area contributed by atoms with Crippen molar-refractivity contribution in [3.05, 3.63) is 46.3 Å². The second-order valence-electron chi connectivity index (χ2n) is 3.56. The quantitative estimate of drug-likeness (QED) is 0.836. The average Bonchev–Trinajstić information content (AvgIpc) is 2.68. The van der Waals surface area contributed by atoms with Crippen molar-refractivity contribution in [1.29, 1.82) is 0 Å². The zero-order valence-electron chi connectivity index (χ0n) is 9.03. The largest absolute Gasteiger partial charge is 0.508 e. The van der Waals surface area contributed by atoms with Crippen LogP contribution in [0.15, 0.2) is 39.6 Å². The summed E-state index contributed by atoms with van der Waals surface area (Å²) < 4.78 is 5.38. The lowest BCUT2D eigenvalue weighted by Crippen LogP contribution is -2.12. The molecule has 4 nitrogen and oxygen atoms in total. The molecule has 0 radical (unpaired) electrons. The molecule has 2 aromatic rings. The molecule has 0 bridgehead atoms. The van der Waals surface area contributed by atoms with Crippen molar-refractivity contribution in [3.8, 4) is 5.75 Å². The van der Waals surface area contributed by atoms with Crippen LogP contribution < -0.4 is 5.32 Å². The molecule has 5 heteroatoms. The van der Waals surface area contributed by atoms with Crippen molar-refractivity contribution in [3.63, 3.8) is 0 Å². The van der Waals surface area contributed by atoms with E-state index in [-0.39, 0.29) is 11.7 Å². The topological polar surface area (TPSA) is 62.5 Å². The summed E-state index contributed by atoms with van der Waals surface area (Å²) in [5, 5.41) is 12.0. The Morgan fingerprint density at radius 3 is 2.76 bits per heavy atom. The molecule has 0 aliphatic rings. The summed E-state index contributed by atoms with van der Waals surface area (Å²) in [6.45, 7) is 1.81. The number of nitrogens with one attached hydrogen (secondary N) is 1. The molecule has 1 amide bonds. The summed E-state index contributed by atoms with van der Waals surface area (Å²) in [6.07, 6.45) is 1.43. The Bertz CT molecular complexity index is 563. The van der Waals surface area contributed by atoms with Gasteiger partial charge in [0.1, 0.15) is 5.75 Å². The highest BCUT2D eigenvalue weighted by atomic mass is 79.9. The molecule has 0 spiro atoms. The first-order valence-electron chi connectivity index (χ1n) is 4.92. The zero-order valence-corrected chi connectivity index (χ0v) is 10.6. The first-order valence-corrected chi connectivity index (χ1v) is 5.71. The number of hydrogen-bond acceptors (Lipinski definition) is 3. The standard InChI is InChI=1S/C12H10BrNO3/c1-7-6-8(15)2-3-10(7)14-12(16)9-4-5-17-11(9)13/h2-6,15H,1H3,(H,14,16). The summed E-state index contributed by atoms with van der Waals surface area (Å²) in [5.41, 5.74) is 1.87. The molecule has 0 aliphatic carbocycles. The molecular formula is C12H10BrNO3. The molecule has 1 aromatic carbocycles. The molecule has 1 aromatic heterocycles. The van der Waals surface area contributed by atoms with Gasteiger partial charge in [-0.05, 0) is 52.7 Å². The summed E-state index contributed by atoms with van der Waals surface area (Å²) in [7, 11) is 0. The van der Waals surface area contributed by atoms with Crippen molar-refractivity contribution in [2.75, 3.05) is 5.32 Å². The van der Waals surface area contributed by atoms with Crippen LogP contribution >= 0.6 is 15.9 Å². The fraction of sp³-hybridized carbons (Fsp3) is 0.0833. The van der Waals surface area contributed by atoms with Gasteiger partial charge in [-0.3, -0.25) is 4.79 Å². The summed E-state index contributed by atoms with van der Waals surface area (Å²) in [6, 6.07) is 6.33. The minimum atomic E-state index is -0.264. The molecule has 0 fully saturated rings. The number of furan rings is 1. The van der Waals surface area contributed by atoms with E-state index < -0.39 is 0 Å². The Morgan fingerprint density at radius 2 is 2.18 bits per heavy atom. The molecule has 2 rings (SSSR count). The van der Waals surface area contributed by atoms with Crippen molar-refractivity contribution in [2.45, 2.75) is 6.92 Å². The summed E-state index contributed by atoms with van der Waals surface area (Å²) in [5.74, 6) is -0.0931. The first kappa shape index (κ1) is 11.7. The number of rotatable bonds is 2. The second-order valence-corrected chi connectivity index (χ2v) is 4.28. The molecule has 88 valence electrons. The van der Waals surface area contributed by atoms with Crippen LogP contribution in [0.1, 0.15) is 15.9 Å². The number of carbonyl (C=O) groups excluding carboxylic acids is 1. The maximum absolute atomic E-state index is 11.9. The summed E-state index contributed by atoms with van der Waals surface area (Å²) in [4.78, 5) is 11.9. The zero-order chi connectivity index (χ0) is 12.4. The number of benzene rings is 1. The highest BCUT2D eigenvalue weighted by molar-refractivity contribution is 9.10. The lowest BCUT2D eigenvalue weighted by atomic mass is 10.2. The third kappa shape index (κ3) is 2.50. The van der Waals surface area contributed by atoms with Crippen LogP contribution in [0, 0.1) is 6.92 Å². The third-order valence-electron chi connectivity index (χ3n) is 2.32. The van der Waals surface area contributed by atoms with Gasteiger partial charge in [0.2, 0.25) is 0 Å². The smallest absolute Gasteiger partial charge is 0.260 e. The minimum absolute atomic E-state index is 0.171. The van der Waals surface area contributed by atoms with E-state index in [1.165, 1.54) is 12.3 Å². The van der Waals surface area contributed by atoms with Crippen LogP contribution in [0.4, 0.5) is 5.69 Å². The van der Waals surface area contributed by atoms with Crippen molar-refractivity contribution < 1.29 is 14.3 Å². The van der Waals surface area contributed by atoms with Gasteiger partial charge in [0, 0.05) is 5.69 Å². The van der Waals surface area contributed by atoms with Crippen LogP contribution in [-0.4, -0.2) is 11.0 Å². The van der Waals surface area contributed by atoms with E-state index in [9.17, 15) is 9.90 Å². The van der Waals surface area contributed by atoms with Gasteiger partial charge in [-0.25, -0.2) is 0 Å². The molecule has 0 saturated heterocycles. The maximum Gasteiger partial charge on any atom is 0.260 e. The fourth-order valence-electron chi connectivity index (χ4n) is 1.43. The Labute approximate surface area is 106 Å². The molecule has 0 unspecified atom stereocenters. The molecule has 17 heavy (non-hydrogen) atoms. The van der Waals surface area contributed by atoms with Gasteiger partial charge in [0.25, 0.3) is 5.91 Å². The van der Waals surface area contributed by atoms with E-state index in [2.05, 4.69) is 21.2 Å². The number of phenols is 1. The van der Waals surface area contributed by atoms with E-state index in [4.69, 9.17) is 4.42 Å². The molecular weight excluding hydrogens is 286 g/mol. The first-order chi connectivity index (χ1) is 8.08. The number of anilines is 1. The highest BCUT2D eigenvalue weighted by Crippen LogP contribution is 2.23. The van der Waals surface area contributed by atoms with Gasteiger partial charge >= 0.3 is 0 Å². The van der Waals surface area contributed by atoms with E-state index >= 15 is 0 Å². The molecule has 0 atom stereocenters. The third-order valence-corrected chi connectivity index (χ3v) is 2.93. The van der Waals surface area contributed by atoms with Crippen molar-refractivity contribution in [2.24, 2.45) is 0 Å². The van der Waals surface area contributed by atoms with Crippen LogP contribution in [0.25, 0.3) is 0 Å². The van der Waals surface area contributed by atoms with Crippen LogP contribution in [0.5, 0.6) is 5.75 Å². The molecule has 0 aliphatic heterocycles. The monoisotopic (exact) mass is 295 g/mol. The van der Waals surface area contributed by atoms with Gasteiger partial charge in [-0.2, -0.15) is 0 Å². The number of aryl methyl sites for hydroxylation is 1. The Hall–Kier alpha value is -1.75. The van der Waals surface area contributed by atoms with E-state index in [1.807, 2.05) is 0 Å². The normalized spacial score (nSPS) is 10.2. The van der Waals surface area contributed by atoms with Crippen LogP contribution in [-0.2, 0) is 0 Å². The van der Waals surface area contributed by atoms with Gasteiger partial charge in [-0.15, -0.1) is 0 Å². The number of hydrogen-bond donors (Lipinski definition) is 2. The predicted molar refractivity (Wildman–Crippen MR) is 67.2 cm³/mol. The van der Waals surface area contributed by atoms with Gasteiger partial charge in [-0.1, -0.05) is 0 Å². The lowest BCUT2D eigenvalue weighted by molar-refractivity contribution is 0.102. The van der Waals surface area contributed by atoms with Crippen molar-refractivity contribution in [1.82, 2.24) is 0 Å². The number of aromatic hydroxyl groups is 1. The number of halogens is 1. The number of carbonyl (C=O) groups is 1. The van der Waals surface area contributed by atoms with Crippen LogP contribution in [0.3, 0.4) is 0 Å². The fourth-order valence-corrected chi connectivity index (χ4v) is 1.85. The predicted octanol–water partition coefficient (Wildman–Crippen LogP) is 3.31. The SMILES string of the molecule is Cc1cc(O)ccc1NC(=O)c1ccoc1Br. The second kappa shape index (κ2) is 4.63. The van der Waals surface area contributed by atoms with Gasteiger partial charge in [0.15, 0.2) is 4.67 Å². The van der Waals surface area contributed by atoms with Crippen molar-refractivity contribution >= 4 is 27.5 Å². The van der Waals surface area contributed by atoms with Gasteiger partial charge < -0.3 is 14.8 Å². The minimum Gasteiger partial charge on any atom is -0.508 e. The average molecular weight is 296 g/mol. The Balaban J connectivity index is 2.22. The molecule has 0 saturated carbocycles. The molecule has 1 heterocycles. The highest BCUT2D eigenvalue weighted by Gasteiger charge is 2.13. The van der Waals surface area contributed by atoms with E-state index in [0.717, 1.165) is 5.56 Å². The Kier molecular flexibility index (Phi) is 3.19. The van der Waals surface area contributed by atoms with E-state index in [1.54, 1.807) is 25.1 Å². The van der Waals surface area contributed by atoms with Crippen LogP contribution in [0.2, 0.25) is 0 Å². The summed E-state index contributed by atoms with van der Waals surface area (Å²) >= 11 is 3.14. The lowest BCUT2D eigenvalue weighted by Gasteiger charge is -2.07. The van der Waals surface area contributed by atoms with Gasteiger partial charge in [0.05, 0.1) is 11.8 Å². The van der Waals surface area contributed by atoms with E-state index in [0.29, 0.717) is 15.9 Å². The number of phenolic OH excluding ortho intramolecular Hbond substituents is 1. The Morgan fingerprint density at radius 1 is 1.41 bits per heavy atom. The number of amides is 1. The molecule has 2 N–H and O–H groups in total.